The molecule has 0 fully saturated rings. The third-order valence-electron chi connectivity index (χ3n) is 3.85. The average molecular weight is 487 g/mol. The molecule has 136 valence electrons. The molecular weight excluding hydrogens is 471 g/mol. The first-order valence-electron chi connectivity index (χ1n) is 8.27. The van der Waals surface area contributed by atoms with Crippen LogP contribution in [0.1, 0.15) is 10.4 Å². The van der Waals surface area contributed by atoms with Gasteiger partial charge in [0.1, 0.15) is 0 Å². The van der Waals surface area contributed by atoms with Gasteiger partial charge in [-0.25, -0.2) is 0 Å². The fourth-order valence-electron chi connectivity index (χ4n) is 2.55. The number of benzene rings is 3. The minimum absolute atomic E-state index is 0.139. The van der Waals surface area contributed by atoms with E-state index in [9.17, 15) is 4.79 Å². The van der Waals surface area contributed by atoms with E-state index in [1.807, 2.05) is 54.6 Å². The first-order valence-corrected chi connectivity index (χ1v) is 11.2. The van der Waals surface area contributed by atoms with E-state index in [4.69, 9.17) is 4.74 Å². The minimum atomic E-state index is -0.304. The molecule has 0 bridgehead atoms. The number of halogens is 1. The van der Waals surface area contributed by atoms with E-state index in [0.29, 0.717) is 10.7 Å². The van der Waals surface area contributed by atoms with Gasteiger partial charge in [-0.15, -0.1) is 0 Å². The fourth-order valence-corrected chi connectivity index (χ4v) is 5.81. The second kappa shape index (κ2) is 8.06. The molecule has 4 nitrogen and oxygen atoms in total. The molecule has 0 saturated carbocycles. The van der Waals surface area contributed by atoms with Crippen molar-refractivity contribution in [3.63, 3.8) is 0 Å². The third kappa shape index (κ3) is 4.28. The normalized spacial score (nSPS) is 10.9. The monoisotopic (exact) mass is 487 g/mol. The Bertz CT molecular complexity index is 1100. The van der Waals surface area contributed by atoms with Crippen molar-refractivity contribution in [1.29, 1.82) is 0 Å². The molecule has 0 saturated heterocycles. The van der Waals surface area contributed by atoms with E-state index in [0.717, 1.165) is 16.0 Å². The van der Waals surface area contributed by atoms with Gasteiger partial charge in [-0.3, -0.25) is 0 Å². The van der Waals surface area contributed by atoms with Crippen LogP contribution in [0.2, 0.25) is 0 Å². The molecule has 1 aromatic heterocycles. The standard InChI is InChI=1S/C21H16IN2O2S/c1-26-17-10-11-18-19(13-17)27-21(23-18)24-20(25)14-6-5-9-16(12-14)22-15-7-3-2-4-8-15/h2-13H,1H3,(H,23,24,25)/q-1. The number of methoxy groups -OCH3 is 1. The van der Waals surface area contributed by atoms with Gasteiger partial charge < -0.3 is 0 Å². The number of carbonyl (C=O) groups excluding carboxylic acids is 1. The molecule has 0 spiro atoms. The number of fused-ring (bicyclic) bond motifs is 1. The molecule has 0 atom stereocenters. The van der Waals surface area contributed by atoms with Gasteiger partial charge in [-0.05, 0) is 0 Å². The van der Waals surface area contributed by atoms with Crippen LogP contribution in [0.15, 0.2) is 72.8 Å². The van der Waals surface area contributed by atoms with Crippen LogP contribution < -0.4 is 31.3 Å². The second-order valence-corrected chi connectivity index (χ2v) is 9.77. The first kappa shape index (κ1) is 17.9. The molecule has 27 heavy (non-hydrogen) atoms. The van der Waals surface area contributed by atoms with Crippen molar-refractivity contribution in [2.75, 3.05) is 12.4 Å². The van der Waals surface area contributed by atoms with Gasteiger partial charge in [0.15, 0.2) is 0 Å². The van der Waals surface area contributed by atoms with Gasteiger partial charge in [-0.1, -0.05) is 0 Å². The Morgan fingerprint density at radius 3 is 2.63 bits per heavy atom. The maximum atomic E-state index is 12.7. The zero-order valence-electron chi connectivity index (χ0n) is 14.5. The van der Waals surface area contributed by atoms with E-state index in [-0.39, 0.29) is 27.1 Å². The van der Waals surface area contributed by atoms with Crippen molar-refractivity contribution in [3.8, 4) is 5.75 Å². The number of thiazole rings is 1. The summed E-state index contributed by atoms with van der Waals surface area (Å²) in [5, 5.41) is 3.51. The molecule has 1 heterocycles. The van der Waals surface area contributed by atoms with Gasteiger partial charge in [-0.2, -0.15) is 0 Å². The number of amides is 1. The summed E-state index contributed by atoms with van der Waals surface area (Å²) in [6.07, 6.45) is 0. The molecule has 3 aromatic carbocycles. The summed E-state index contributed by atoms with van der Waals surface area (Å²) in [4.78, 5) is 17.1. The maximum absolute atomic E-state index is 12.7. The number of hydrogen-bond acceptors (Lipinski definition) is 4. The predicted octanol–water partition coefficient (Wildman–Crippen LogP) is 1.69. The van der Waals surface area contributed by atoms with Crippen LogP contribution in [0.3, 0.4) is 0 Å². The number of ether oxygens (including phenoxy) is 1. The van der Waals surface area contributed by atoms with E-state index in [1.54, 1.807) is 7.11 Å². The van der Waals surface area contributed by atoms with E-state index < -0.39 is 0 Å². The number of aromatic nitrogens is 1. The van der Waals surface area contributed by atoms with Crippen LogP contribution in [0.5, 0.6) is 5.75 Å². The molecule has 0 radical (unpaired) electrons. The Morgan fingerprint density at radius 2 is 1.81 bits per heavy atom. The van der Waals surface area contributed by atoms with Gasteiger partial charge >= 0.3 is 172 Å². The second-order valence-electron chi connectivity index (χ2n) is 5.71. The number of anilines is 1. The van der Waals surface area contributed by atoms with Gasteiger partial charge in [0.2, 0.25) is 0 Å². The van der Waals surface area contributed by atoms with Crippen molar-refractivity contribution in [2.24, 2.45) is 0 Å². The molecule has 6 heteroatoms. The van der Waals surface area contributed by atoms with Crippen molar-refractivity contribution in [1.82, 2.24) is 4.98 Å². The quantitative estimate of drug-likeness (QED) is 0.436. The molecule has 1 N–H and O–H groups in total. The predicted molar refractivity (Wildman–Crippen MR) is 104 cm³/mol. The number of nitrogens with one attached hydrogen (secondary N) is 1. The van der Waals surface area contributed by atoms with Crippen molar-refractivity contribution in [2.45, 2.75) is 0 Å². The van der Waals surface area contributed by atoms with Gasteiger partial charge in [0, 0.05) is 0 Å². The number of nitrogens with zero attached hydrogens (tertiary/aromatic N) is 1. The third-order valence-corrected chi connectivity index (χ3v) is 7.42. The van der Waals surface area contributed by atoms with Crippen molar-refractivity contribution in [3.05, 3.63) is 85.5 Å². The average Bonchev–Trinajstić information content (AvgIpc) is 3.10. The summed E-state index contributed by atoms with van der Waals surface area (Å²) in [5.74, 6) is 0.640. The Morgan fingerprint density at radius 1 is 1.00 bits per heavy atom. The SMILES string of the molecule is COc1ccc2nc(NC(=O)c3cccc([I-]c4ccccc4)c3)sc2c1. The summed E-state index contributed by atoms with van der Waals surface area (Å²) in [6.45, 7) is 0. The Hall–Kier alpha value is -2.45. The van der Waals surface area contributed by atoms with Gasteiger partial charge in [0.05, 0.1) is 0 Å². The summed E-state index contributed by atoms with van der Waals surface area (Å²) < 4.78 is 8.76. The molecule has 4 rings (SSSR count). The molecular formula is C21H16IN2O2S-. The Balaban J connectivity index is 1.52. The molecule has 0 aliphatic heterocycles. The Kier molecular flexibility index (Phi) is 5.35. The first-order chi connectivity index (χ1) is 13.2. The van der Waals surface area contributed by atoms with E-state index in [1.165, 1.54) is 18.5 Å². The number of rotatable bonds is 5. The van der Waals surface area contributed by atoms with E-state index >= 15 is 0 Å². The Labute approximate surface area is 171 Å². The number of carbonyl (C=O) groups is 1. The summed E-state index contributed by atoms with van der Waals surface area (Å²) in [7, 11) is 1.63. The summed E-state index contributed by atoms with van der Waals surface area (Å²) >= 11 is 1.14. The van der Waals surface area contributed by atoms with Crippen LogP contribution in [0.25, 0.3) is 10.2 Å². The van der Waals surface area contributed by atoms with Crippen LogP contribution in [0.4, 0.5) is 5.13 Å². The van der Waals surface area contributed by atoms with Gasteiger partial charge in [0.25, 0.3) is 0 Å². The molecule has 0 unspecified atom stereocenters. The molecule has 0 aliphatic carbocycles. The van der Waals surface area contributed by atoms with Crippen LogP contribution in [-0.2, 0) is 0 Å². The van der Waals surface area contributed by atoms with Crippen LogP contribution in [-0.4, -0.2) is 18.0 Å². The topological polar surface area (TPSA) is 51.2 Å². The number of hydrogen-bond donors (Lipinski definition) is 1. The summed E-state index contributed by atoms with van der Waals surface area (Å²) in [6, 6.07) is 23.9. The van der Waals surface area contributed by atoms with Crippen LogP contribution >= 0.6 is 11.3 Å². The zero-order chi connectivity index (χ0) is 18.6. The van der Waals surface area contributed by atoms with Crippen molar-refractivity contribution < 1.29 is 30.7 Å². The molecule has 1 amide bonds. The summed E-state index contributed by atoms with van der Waals surface area (Å²) in [5.41, 5.74) is 1.50. The molecule has 4 aromatic rings. The fraction of sp³-hybridized carbons (Fsp3) is 0.0476. The van der Waals surface area contributed by atoms with E-state index in [2.05, 4.69) is 28.5 Å². The zero-order valence-corrected chi connectivity index (χ0v) is 17.5. The van der Waals surface area contributed by atoms with Crippen LogP contribution in [0, 0.1) is 7.14 Å². The molecule has 0 aliphatic rings. The van der Waals surface area contributed by atoms with Crippen molar-refractivity contribution >= 4 is 32.6 Å².